The van der Waals surface area contributed by atoms with Crippen LogP contribution in [0.1, 0.15) is 15.9 Å². The van der Waals surface area contributed by atoms with Gasteiger partial charge in [-0.2, -0.15) is 10.5 Å². The lowest BCUT2D eigenvalue weighted by Gasteiger charge is -2.15. The minimum Gasteiger partial charge on any atom is -0.290 e. The van der Waals surface area contributed by atoms with Gasteiger partial charge in [-0.3, -0.25) is 15.1 Å². The van der Waals surface area contributed by atoms with Crippen LogP contribution in [0.15, 0.2) is 24.3 Å². The van der Waals surface area contributed by atoms with Gasteiger partial charge in [0.25, 0.3) is 5.91 Å². The molecule has 0 radical (unpaired) electrons. The van der Waals surface area contributed by atoms with Crippen molar-refractivity contribution < 1.29 is 4.79 Å². The zero-order valence-corrected chi connectivity index (χ0v) is 9.76. The Morgan fingerprint density at radius 2 is 2.00 bits per heavy atom. The van der Waals surface area contributed by atoms with Gasteiger partial charge in [-0.05, 0) is 17.7 Å². The van der Waals surface area contributed by atoms with Crippen LogP contribution in [0.5, 0.6) is 0 Å². The van der Waals surface area contributed by atoms with Crippen molar-refractivity contribution in [2.45, 2.75) is 6.54 Å². The number of nitrogens with two attached hydrogens (primary N) is 1. The predicted octanol–water partition coefficient (Wildman–Crippen LogP) is 0.139. The Morgan fingerprint density at radius 3 is 2.56 bits per heavy atom. The van der Waals surface area contributed by atoms with Crippen LogP contribution >= 0.6 is 0 Å². The van der Waals surface area contributed by atoms with Crippen molar-refractivity contribution >= 4 is 5.91 Å². The van der Waals surface area contributed by atoms with Gasteiger partial charge in [0.1, 0.15) is 0 Å². The number of nitrogens with zero attached hydrogens (tertiary/aromatic N) is 3. The molecule has 0 bridgehead atoms. The Hall–Kier alpha value is -2.41. The molecule has 1 aromatic rings. The number of nitriles is 2. The maximum Gasteiger partial charge on any atom is 0.265 e. The number of rotatable bonds is 5. The van der Waals surface area contributed by atoms with Crippen molar-refractivity contribution in [3.63, 3.8) is 0 Å². The van der Waals surface area contributed by atoms with Gasteiger partial charge in [-0.15, -0.1) is 0 Å². The molecule has 18 heavy (non-hydrogen) atoms. The van der Waals surface area contributed by atoms with Crippen LogP contribution in [0.25, 0.3) is 0 Å². The van der Waals surface area contributed by atoms with Crippen LogP contribution in [0.2, 0.25) is 0 Å². The van der Waals surface area contributed by atoms with Crippen LogP contribution in [-0.2, 0) is 6.54 Å². The molecule has 6 heteroatoms. The van der Waals surface area contributed by atoms with Crippen LogP contribution in [-0.4, -0.2) is 23.9 Å². The van der Waals surface area contributed by atoms with E-state index >= 15 is 0 Å². The van der Waals surface area contributed by atoms with Crippen LogP contribution in [0, 0.1) is 22.7 Å². The number of benzene rings is 1. The van der Waals surface area contributed by atoms with E-state index in [2.05, 4.69) is 5.43 Å². The Labute approximate surface area is 105 Å². The zero-order chi connectivity index (χ0) is 13.4. The summed E-state index contributed by atoms with van der Waals surface area (Å²) in [6.45, 7) is 0.772. The molecule has 0 aliphatic carbocycles. The molecule has 0 unspecified atom stereocenters. The Kier molecular flexibility index (Phi) is 5.33. The van der Waals surface area contributed by atoms with Gasteiger partial charge in [0, 0.05) is 12.1 Å². The van der Waals surface area contributed by atoms with Crippen LogP contribution < -0.4 is 11.3 Å². The lowest BCUT2D eigenvalue weighted by molar-refractivity contribution is 0.0953. The Bertz CT molecular complexity index is 484. The molecule has 1 rings (SSSR count). The third kappa shape index (κ3) is 3.87. The summed E-state index contributed by atoms with van der Waals surface area (Å²) < 4.78 is 0. The second-order valence-electron chi connectivity index (χ2n) is 3.64. The van der Waals surface area contributed by atoms with E-state index in [1.165, 1.54) is 0 Å². The fourth-order valence-electron chi connectivity index (χ4n) is 1.52. The lowest BCUT2D eigenvalue weighted by atomic mass is 10.1. The molecule has 0 aromatic heterocycles. The average molecular weight is 243 g/mol. The van der Waals surface area contributed by atoms with E-state index in [1.54, 1.807) is 23.1 Å². The molecule has 6 nitrogen and oxygen atoms in total. The second-order valence-corrected chi connectivity index (χ2v) is 3.64. The first-order chi connectivity index (χ1) is 8.71. The molecule has 0 heterocycles. The van der Waals surface area contributed by atoms with E-state index in [1.807, 2.05) is 18.2 Å². The average Bonchev–Trinajstić information content (AvgIpc) is 2.39. The van der Waals surface area contributed by atoms with Crippen molar-refractivity contribution in [2.24, 2.45) is 5.84 Å². The monoisotopic (exact) mass is 243 g/mol. The quantitative estimate of drug-likeness (QED) is 0.331. The normalized spacial score (nSPS) is 9.56. The molecule has 3 N–H and O–H groups in total. The number of carbonyl (C=O) groups excluding carboxylic acids is 1. The summed E-state index contributed by atoms with van der Waals surface area (Å²) in [5, 5.41) is 17.3. The van der Waals surface area contributed by atoms with Gasteiger partial charge < -0.3 is 0 Å². The molecule has 0 aliphatic heterocycles. The van der Waals surface area contributed by atoms with E-state index < -0.39 is 0 Å². The fourth-order valence-corrected chi connectivity index (χ4v) is 1.52. The van der Waals surface area contributed by atoms with Crippen molar-refractivity contribution in [1.29, 1.82) is 10.5 Å². The van der Waals surface area contributed by atoms with E-state index in [-0.39, 0.29) is 19.0 Å². The molecular formula is C12H13N5O. The van der Waals surface area contributed by atoms with Gasteiger partial charge in [0.15, 0.2) is 0 Å². The maximum absolute atomic E-state index is 11.3. The summed E-state index contributed by atoms with van der Waals surface area (Å²) in [5.74, 6) is 4.68. The van der Waals surface area contributed by atoms with Crippen molar-refractivity contribution in [1.82, 2.24) is 10.3 Å². The molecule has 92 valence electrons. The summed E-state index contributed by atoms with van der Waals surface area (Å²) in [7, 11) is 0. The van der Waals surface area contributed by atoms with Gasteiger partial charge in [-0.25, -0.2) is 5.84 Å². The summed E-state index contributed by atoms with van der Waals surface area (Å²) in [6, 6.07) is 10.9. The first-order valence-electron chi connectivity index (χ1n) is 5.27. The number of amides is 1. The molecule has 0 saturated carbocycles. The van der Waals surface area contributed by atoms with Crippen molar-refractivity contribution in [2.75, 3.05) is 13.1 Å². The number of nitrogen functional groups attached to an aromatic ring is 1. The van der Waals surface area contributed by atoms with Gasteiger partial charge >= 0.3 is 0 Å². The summed E-state index contributed by atoms with van der Waals surface area (Å²) >= 11 is 0. The molecule has 0 atom stereocenters. The zero-order valence-electron chi connectivity index (χ0n) is 9.76. The Balaban J connectivity index is 2.81. The summed E-state index contributed by atoms with van der Waals surface area (Å²) in [6.07, 6.45) is 0. The van der Waals surface area contributed by atoms with E-state index in [0.717, 1.165) is 5.56 Å². The molecule has 0 spiro atoms. The van der Waals surface area contributed by atoms with Crippen molar-refractivity contribution in [3.05, 3.63) is 35.4 Å². The highest BCUT2D eigenvalue weighted by Gasteiger charge is 2.08. The highest BCUT2D eigenvalue weighted by molar-refractivity contribution is 5.93. The smallest absolute Gasteiger partial charge is 0.265 e. The van der Waals surface area contributed by atoms with Crippen LogP contribution in [0.3, 0.4) is 0 Å². The SMILES string of the molecule is N#CCN(CC#N)Cc1cccc(C(=O)NN)c1. The van der Waals surface area contributed by atoms with E-state index in [4.69, 9.17) is 16.4 Å². The lowest BCUT2D eigenvalue weighted by Crippen LogP contribution is -2.30. The van der Waals surface area contributed by atoms with Crippen LogP contribution in [0.4, 0.5) is 0 Å². The molecular weight excluding hydrogens is 230 g/mol. The maximum atomic E-state index is 11.3. The summed E-state index contributed by atoms with van der Waals surface area (Å²) in [4.78, 5) is 13.0. The number of nitrogens with one attached hydrogen (secondary N) is 1. The summed E-state index contributed by atoms with van der Waals surface area (Å²) in [5.41, 5.74) is 3.35. The van der Waals surface area contributed by atoms with Gasteiger partial charge in [0.05, 0.1) is 25.2 Å². The third-order valence-corrected chi connectivity index (χ3v) is 2.32. The predicted molar refractivity (Wildman–Crippen MR) is 64.6 cm³/mol. The molecule has 1 aromatic carbocycles. The minimum absolute atomic E-state index is 0.168. The van der Waals surface area contributed by atoms with Crippen molar-refractivity contribution in [3.8, 4) is 12.1 Å². The first-order valence-corrected chi connectivity index (χ1v) is 5.27. The second kappa shape index (κ2) is 7.02. The van der Waals surface area contributed by atoms with Gasteiger partial charge in [-0.1, -0.05) is 12.1 Å². The minimum atomic E-state index is -0.371. The highest BCUT2D eigenvalue weighted by atomic mass is 16.2. The van der Waals surface area contributed by atoms with E-state index in [0.29, 0.717) is 12.1 Å². The number of hydrogen-bond acceptors (Lipinski definition) is 5. The molecule has 0 saturated heterocycles. The number of hydrogen-bond donors (Lipinski definition) is 2. The molecule has 0 fully saturated rings. The fraction of sp³-hybridized carbons (Fsp3) is 0.250. The molecule has 0 aliphatic rings. The standard InChI is InChI=1S/C12H13N5O/c13-4-6-17(7-5-14)9-10-2-1-3-11(8-10)12(18)16-15/h1-3,8H,6-7,9,15H2,(H,16,18). The highest BCUT2D eigenvalue weighted by Crippen LogP contribution is 2.08. The number of carbonyl (C=O) groups is 1. The number of hydrazine groups is 1. The Morgan fingerprint density at radius 1 is 1.33 bits per heavy atom. The van der Waals surface area contributed by atoms with E-state index in [9.17, 15) is 4.79 Å². The van der Waals surface area contributed by atoms with Gasteiger partial charge in [0.2, 0.25) is 0 Å². The molecule has 1 amide bonds. The largest absolute Gasteiger partial charge is 0.290 e. The third-order valence-electron chi connectivity index (χ3n) is 2.32. The first kappa shape index (κ1) is 13.7. The topological polar surface area (TPSA) is 106 Å².